The molecule has 0 amide bonds. The average Bonchev–Trinajstić information content (AvgIpc) is 1.41. The first-order valence-electron chi connectivity index (χ1n) is 1.90. The zero-order chi connectivity index (χ0) is 13.5. The van der Waals surface area contributed by atoms with Gasteiger partial charge in [0.05, 0.1) is 44.7 Å². The molecule has 0 atom stereocenters. The van der Waals surface area contributed by atoms with Crippen molar-refractivity contribution < 1.29 is 86.6 Å². The van der Waals surface area contributed by atoms with E-state index in [0.29, 0.717) is 0 Å². The average molecular weight is 510 g/mol. The molecule has 0 bridgehead atoms. The number of hydrogen-bond acceptors (Lipinski definition) is 12. The summed E-state index contributed by atoms with van der Waals surface area (Å²) in [5.74, 6) is 0. The predicted octanol–water partition coefficient (Wildman–Crippen LogP) is -12.8. The molecular formula is H3BiCl3O12. The van der Waals surface area contributed by atoms with Crippen molar-refractivity contribution in [3.63, 3.8) is 0 Å². The van der Waals surface area contributed by atoms with Crippen LogP contribution in [-0.2, 0) is 0 Å². The topological polar surface area (TPSA) is 268 Å². The van der Waals surface area contributed by atoms with Crippen LogP contribution >= 0.6 is 0 Å². The molecule has 16 heteroatoms. The predicted molar refractivity (Wildman–Crippen MR) is 12.4 cm³/mol. The summed E-state index contributed by atoms with van der Waals surface area (Å²) in [6.07, 6.45) is 0. The zero-order valence-corrected chi connectivity index (χ0v) is 12.3. The quantitative estimate of drug-likeness (QED) is 0.256. The molecule has 0 aliphatic rings. The Hall–Kier alpha value is 1.27. The minimum Gasteiger partial charge on any atom is -0.183 e. The van der Waals surface area contributed by atoms with Crippen LogP contribution in [0.2, 0.25) is 0 Å². The maximum atomic E-state index is 8.60. The van der Waals surface area contributed by atoms with Gasteiger partial charge in [-0.25, -0.2) is 0 Å². The largest absolute Gasteiger partial charge is 0.183 e. The van der Waals surface area contributed by atoms with Gasteiger partial charge in [-0.3, -0.25) is 0 Å². The van der Waals surface area contributed by atoms with Crippen molar-refractivity contribution in [2.45, 2.75) is 0 Å². The van der Waals surface area contributed by atoms with Crippen LogP contribution in [0.3, 0.4) is 0 Å². The summed E-state index contributed by atoms with van der Waals surface area (Å²) >= 11 is 0. The number of hydrogen-bond donors (Lipinski definition) is 3. The van der Waals surface area contributed by atoms with Gasteiger partial charge in [-0.1, -0.05) is 0 Å². The fraction of sp³-hybridized carbons (Fsp3) is 0. The van der Waals surface area contributed by atoms with Gasteiger partial charge in [0, 0.05) is 26.2 Å². The molecule has 3 radical (unpaired) electrons. The Morgan fingerprint density at radius 2 is 0.438 bits per heavy atom. The van der Waals surface area contributed by atoms with Crippen molar-refractivity contribution in [3.05, 3.63) is 0 Å². The molecule has 0 spiro atoms. The first-order chi connectivity index (χ1) is 6.00. The van der Waals surface area contributed by atoms with Crippen molar-refractivity contribution >= 4 is 26.2 Å². The SMILES string of the molecule is [Bi].[O-][Cl+3]([O-])([O-])O.[O-][Cl+3]([O-])([O-])O.[O-][Cl+3]([O-])([O-])O. The Labute approximate surface area is 113 Å². The van der Waals surface area contributed by atoms with Gasteiger partial charge >= 0.3 is 0 Å². The van der Waals surface area contributed by atoms with Crippen molar-refractivity contribution in [2.75, 3.05) is 0 Å². The molecule has 0 aromatic rings. The molecule has 101 valence electrons. The molecule has 0 aromatic heterocycles. The molecule has 0 heterocycles. The Balaban J connectivity index is -0.0000000655. The normalized spacial score (nSPS) is 11.2. The molecule has 0 saturated heterocycles. The molecule has 12 nitrogen and oxygen atoms in total. The Morgan fingerprint density at radius 3 is 0.438 bits per heavy atom. The van der Waals surface area contributed by atoms with Gasteiger partial charge in [-0.15, -0.1) is 0 Å². The van der Waals surface area contributed by atoms with Gasteiger partial charge in [0.15, 0.2) is 0 Å². The smallest absolute Gasteiger partial charge is 0.0777 e. The summed E-state index contributed by atoms with van der Waals surface area (Å²) in [6, 6.07) is 0. The summed E-state index contributed by atoms with van der Waals surface area (Å²) in [5.41, 5.74) is 0. The summed E-state index contributed by atoms with van der Waals surface area (Å²) in [5, 5.41) is 0. The standard InChI is InChI=1S/Bi.3ClHO4/c;3*2-1(3,4)5/h;3*(H,2,3,4,5). The molecule has 16 heavy (non-hydrogen) atoms. The Morgan fingerprint density at radius 1 is 0.438 bits per heavy atom. The minimum absolute atomic E-state index is 0. The van der Waals surface area contributed by atoms with Crippen LogP contribution in [0, 0.1) is 30.7 Å². The van der Waals surface area contributed by atoms with Crippen LogP contribution < -0.4 is 41.9 Å². The molecular weight excluding hydrogens is 507 g/mol. The molecule has 0 rings (SSSR count). The van der Waals surface area contributed by atoms with Gasteiger partial charge in [-0.05, 0) is 0 Å². The molecule has 0 aliphatic heterocycles. The van der Waals surface area contributed by atoms with Gasteiger partial charge in [-0.2, -0.15) is 41.9 Å². The Bertz CT molecular complexity index is 91.3. The fourth-order valence-electron chi connectivity index (χ4n) is 0. The van der Waals surface area contributed by atoms with E-state index in [4.69, 9.17) is 55.9 Å². The molecule has 0 aromatic carbocycles. The van der Waals surface area contributed by atoms with E-state index in [9.17, 15) is 0 Å². The second kappa shape index (κ2) is 10.2. The second-order valence-electron chi connectivity index (χ2n) is 1.19. The van der Waals surface area contributed by atoms with Crippen LogP contribution in [0.15, 0.2) is 0 Å². The van der Waals surface area contributed by atoms with Gasteiger partial charge in [0.1, 0.15) is 0 Å². The van der Waals surface area contributed by atoms with Crippen molar-refractivity contribution in [1.82, 2.24) is 0 Å². The van der Waals surface area contributed by atoms with Crippen LogP contribution in [0.1, 0.15) is 0 Å². The summed E-state index contributed by atoms with van der Waals surface area (Å²) in [6.45, 7) is 0. The number of halogens is 3. The zero-order valence-electron chi connectivity index (χ0n) is 6.60. The first kappa shape index (κ1) is 26.0. The summed E-state index contributed by atoms with van der Waals surface area (Å²) in [7, 11) is -14.1. The van der Waals surface area contributed by atoms with Crippen molar-refractivity contribution in [3.8, 4) is 0 Å². The van der Waals surface area contributed by atoms with E-state index in [2.05, 4.69) is 0 Å². The second-order valence-corrected chi connectivity index (χ2v) is 3.56. The van der Waals surface area contributed by atoms with Crippen LogP contribution in [0.5, 0.6) is 0 Å². The van der Waals surface area contributed by atoms with Crippen LogP contribution in [-0.4, -0.2) is 40.2 Å². The van der Waals surface area contributed by atoms with Gasteiger partial charge < -0.3 is 0 Å². The summed E-state index contributed by atoms with van der Waals surface area (Å²) in [4.78, 5) is 0. The van der Waals surface area contributed by atoms with Gasteiger partial charge in [0.2, 0.25) is 0 Å². The Kier molecular flexibility index (Phi) is 16.6. The molecule has 0 aliphatic carbocycles. The van der Waals surface area contributed by atoms with Crippen LogP contribution in [0.25, 0.3) is 0 Å². The van der Waals surface area contributed by atoms with Crippen molar-refractivity contribution in [1.29, 1.82) is 0 Å². The monoisotopic (exact) mass is 509 g/mol. The molecule has 0 saturated carbocycles. The molecule has 3 N–H and O–H groups in total. The van der Waals surface area contributed by atoms with Crippen molar-refractivity contribution in [2.24, 2.45) is 0 Å². The van der Waals surface area contributed by atoms with E-state index in [1.165, 1.54) is 0 Å². The maximum Gasteiger partial charge on any atom is 0.0777 e. The number of rotatable bonds is 0. The fourth-order valence-corrected chi connectivity index (χ4v) is 0. The van der Waals surface area contributed by atoms with E-state index in [1.807, 2.05) is 0 Å². The molecule has 0 fully saturated rings. The third kappa shape index (κ3) is 1920. The first-order valence-corrected chi connectivity index (χ1v) is 5.69. The molecule has 0 unspecified atom stereocenters. The third-order valence-electron chi connectivity index (χ3n) is 0. The van der Waals surface area contributed by atoms with Crippen LogP contribution in [0.4, 0.5) is 0 Å². The third-order valence-corrected chi connectivity index (χ3v) is 0. The van der Waals surface area contributed by atoms with E-state index >= 15 is 0 Å². The maximum absolute atomic E-state index is 8.60. The minimum atomic E-state index is -4.69. The van der Waals surface area contributed by atoms with E-state index < -0.39 is 30.7 Å². The summed E-state index contributed by atoms with van der Waals surface area (Å²) < 4.78 is 98.2. The van der Waals surface area contributed by atoms with E-state index in [1.54, 1.807) is 0 Å². The van der Waals surface area contributed by atoms with E-state index in [0.717, 1.165) is 0 Å². The van der Waals surface area contributed by atoms with Gasteiger partial charge in [0.25, 0.3) is 0 Å². The van der Waals surface area contributed by atoms with E-state index in [-0.39, 0.29) is 26.2 Å².